The molecule has 0 fully saturated rings. The van der Waals surface area contributed by atoms with Crippen molar-refractivity contribution in [3.8, 4) is 16.5 Å². The summed E-state index contributed by atoms with van der Waals surface area (Å²) in [4.78, 5) is 17.7. The number of carbonyl (C=O) groups excluding carboxylic acids is 1. The maximum Gasteiger partial charge on any atom is 0.248 e. The minimum Gasteiger partial charge on any atom is -0.497 e. The van der Waals surface area contributed by atoms with Crippen molar-refractivity contribution in [2.75, 3.05) is 12.4 Å². The van der Waals surface area contributed by atoms with Gasteiger partial charge in [0, 0.05) is 5.70 Å². The Labute approximate surface area is 154 Å². The molecule has 0 spiro atoms. The number of nitrogens with one attached hydrogen (secondary N) is 1. The van der Waals surface area contributed by atoms with E-state index in [1.807, 2.05) is 48.7 Å². The maximum atomic E-state index is 12.2. The standard InChI is InChI=1S/C18H17N5O2S/c1-10-14(16(19)24)15(11-5-7-12(25-2)8-6-11)23-18(20-10)21-17(22-23)13-4-3-9-26-13/h3-9,15H,1-2H3,(H2,19,24)(H,20,21,22). The van der Waals surface area contributed by atoms with Crippen LogP contribution in [0.15, 0.2) is 53.0 Å². The summed E-state index contributed by atoms with van der Waals surface area (Å²) in [6, 6.07) is 11.0. The van der Waals surface area contributed by atoms with Gasteiger partial charge < -0.3 is 15.8 Å². The van der Waals surface area contributed by atoms with E-state index in [1.165, 1.54) is 0 Å². The third-order valence-electron chi connectivity index (χ3n) is 4.29. The van der Waals surface area contributed by atoms with Crippen LogP contribution in [-0.2, 0) is 4.79 Å². The molecule has 1 unspecified atom stereocenters. The zero-order valence-electron chi connectivity index (χ0n) is 14.3. The quantitative estimate of drug-likeness (QED) is 0.739. The number of ether oxygens (including phenoxy) is 1. The molecule has 1 aliphatic rings. The van der Waals surface area contributed by atoms with Gasteiger partial charge in [-0.1, -0.05) is 18.2 Å². The largest absolute Gasteiger partial charge is 0.497 e. The van der Waals surface area contributed by atoms with Gasteiger partial charge in [0.05, 0.1) is 17.6 Å². The molecule has 0 bridgehead atoms. The van der Waals surface area contributed by atoms with E-state index in [9.17, 15) is 4.79 Å². The molecule has 0 saturated heterocycles. The summed E-state index contributed by atoms with van der Waals surface area (Å²) >= 11 is 1.56. The fourth-order valence-corrected chi connectivity index (χ4v) is 3.73. The fourth-order valence-electron chi connectivity index (χ4n) is 3.07. The maximum absolute atomic E-state index is 12.2. The first-order valence-electron chi connectivity index (χ1n) is 8.00. The Balaban J connectivity index is 1.86. The number of fused-ring (bicyclic) bond motifs is 1. The van der Waals surface area contributed by atoms with Gasteiger partial charge in [-0.15, -0.1) is 16.4 Å². The van der Waals surface area contributed by atoms with Gasteiger partial charge in [0.1, 0.15) is 11.8 Å². The molecule has 3 heterocycles. The minimum atomic E-state index is -0.491. The molecule has 0 radical (unpaired) electrons. The molecular weight excluding hydrogens is 350 g/mol. The summed E-state index contributed by atoms with van der Waals surface area (Å²) in [6.07, 6.45) is 0. The van der Waals surface area contributed by atoms with Gasteiger partial charge in [-0.25, -0.2) is 4.68 Å². The predicted octanol–water partition coefficient (Wildman–Crippen LogP) is 2.79. The van der Waals surface area contributed by atoms with E-state index in [2.05, 4.69) is 15.4 Å². The van der Waals surface area contributed by atoms with Gasteiger partial charge in [0.15, 0.2) is 5.82 Å². The summed E-state index contributed by atoms with van der Waals surface area (Å²) < 4.78 is 6.94. The summed E-state index contributed by atoms with van der Waals surface area (Å²) in [5, 5.41) is 9.76. The van der Waals surface area contributed by atoms with Gasteiger partial charge in [0.25, 0.3) is 0 Å². The van der Waals surface area contributed by atoms with Crippen LogP contribution in [0.1, 0.15) is 18.5 Å². The normalized spacial score (nSPS) is 16.2. The number of anilines is 1. The van der Waals surface area contributed by atoms with Gasteiger partial charge in [-0.05, 0) is 36.1 Å². The third-order valence-corrected chi connectivity index (χ3v) is 5.16. The van der Waals surface area contributed by atoms with Gasteiger partial charge in [-0.3, -0.25) is 4.79 Å². The number of hydrogen-bond donors (Lipinski definition) is 2. The number of nitrogens with two attached hydrogens (primary N) is 1. The molecule has 7 nitrogen and oxygen atoms in total. The van der Waals surface area contributed by atoms with Gasteiger partial charge in [-0.2, -0.15) is 4.98 Å². The third kappa shape index (κ3) is 2.64. The molecule has 8 heteroatoms. The van der Waals surface area contributed by atoms with Crippen molar-refractivity contribution in [1.82, 2.24) is 14.8 Å². The highest BCUT2D eigenvalue weighted by atomic mass is 32.1. The molecule has 0 saturated carbocycles. The van der Waals surface area contributed by atoms with Crippen molar-refractivity contribution >= 4 is 23.2 Å². The number of primary amides is 1. The Morgan fingerprint density at radius 2 is 2.08 bits per heavy atom. The molecule has 1 aliphatic heterocycles. The Morgan fingerprint density at radius 1 is 1.31 bits per heavy atom. The average Bonchev–Trinajstić information content (AvgIpc) is 3.29. The highest BCUT2D eigenvalue weighted by Gasteiger charge is 2.33. The minimum absolute atomic E-state index is 0.448. The van der Waals surface area contributed by atoms with Crippen LogP contribution >= 0.6 is 11.3 Å². The lowest BCUT2D eigenvalue weighted by Gasteiger charge is -2.27. The summed E-state index contributed by atoms with van der Waals surface area (Å²) in [7, 11) is 1.61. The topological polar surface area (TPSA) is 95.1 Å². The highest BCUT2D eigenvalue weighted by Crippen LogP contribution is 2.36. The molecule has 4 rings (SSSR count). The molecular formula is C18H17N5O2S. The molecule has 1 amide bonds. The number of benzene rings is 1. The molecule has 2 aromatic heterocycles. The SMILES string of the molecule is COc1ccc(C2C(C(N)=O)=C(C)Nc3nc(-c4cccs4)nn32)cc1. The summed E-state index contributed by atoms with van der Waals surface area (Å²) in [5.41, 5.74) is 7.70. The first-order chi connectivity index (χ1) is 12.6. The van der Waals surface area contributed by atoms with Crippen LogP contribution in [-0.4, -0.2) is 27.8 Å². The van der Waals surface area contributed by atoms with Crippen molar-refractivity contribution in [2.24, 2.45) is 5.73 Å². The molecule has 26 heavy (non-hydrogen) atoms. The molecule has 132 valence electrons. The lowest BCUT2D eigenvalue weighted by atomic mass is 9.95. The lowest BCUT2D eigenvalue weighted by molar-refractivity contribution is -0.115. The molecule has 1 atom stereocenters. The zero-order valence-corrected chi connectivity index (χ0v) is 15.1. The average molecular weight is 367 g/mol. The number of thiophene rings is 1. The van der Waals surface area contributed by atoms with Crippen LogP contribution in [0.25, 0.3) is 10.7 Å². The zero-order chi connectivity index (χ0) is 18.3. The molecule has 0 aliphatic carbocycles. The van der Waals surface area contributed by atoms with E-state index < -0.39 is 11.9 Å². The Bertz CT molecular complexity index is 989. The first kappa shape index (κ1) is 16.3. The smallest absolute Gasteiger partial charge is 0.248 e. The lowest BCUT2D eigenvalue weighted by Crippen LogP contribution is -2.31. The molecule has 3 N–H and O–H groups in total. The molecule has 1 aromatic carbocycles. The number of nitrogens with zero attached hydrogens (tertiary/aromatic N) is 3. The van der Waals surface area contributed by atoms with Crippen LogP contribution in [0.5, 0.6) is 5.75 Å². The Hall–Kier alpha value is -3.13. The van der Waals surface area contributed by atoms with E-state index in [1.54, 1.807) is 23.1 Å². The van der Waals surface area contributed by atoms with Gasteiger partial charge >= 0.3 is 0 Å². The number of rotatable bonds is 4. The number of carbonyl (C=O) groups is 1. The van der Waals surface area contributed by atoms with Crippen LogP contribution in [0, 0.1) is 0 Å². The van der Waals surface area contributed by atoms with Crippen LogP contribution in [0.4, 0.5) is 5.95 Å². The Kier molecular flexibility index (Phi) is 3.96. The number of allylic oxidation sites excluding steroid dienone is 1. The van der Waals surface area contributed by atoms with Crippen molar-refractivity contribution in [2.45, 2.75) is 13.0 Å². The Morgan fingerprint density at radius 3 is 2.69 bits per heavy atom. The van der Waals surface area contributed by atoms with Crippen molar-refractivity contribution in [3.05, 3.63) is 58.6 Å². The van der Waals surface area contributed by atoms with E-state index in [4.69, 9.17) is 10.5 Å². The second kappa shape index (κ2) is 6.30. The van der Waals surface area contributed by atoms with Crippen molar-refractivity contribution in [1.29, 1.82) is 0 Å². The van der Waals surface area contributed by atoms with Crippen LogP contribution in [0.3, 0.4) is 0 Å². The predicted molar refractivity (Wildman–Crippen MR) is 100.0 cm³/mol. The molecule has 3 aromatic rings. The second-order valence-electron chi connectivity index (χ2n) is 5.88. The number of methoxy groups -OCH3 is 1. The monoisotopic (exact) mass is 367 g/mol. The van der Waals surface area contributed by atoms with Crippen LogP contribution in [0.2, 0.25) is 0 Å². The van der Waals surface area contributed by atoms with Crippen LogP contribution < -0.4 is 15.8 Å². The van der Waals surface area contributed by atoms with Crippen molar-refractivity contribution in [3.63, 3.8) is 0 Å². The van der Waals surface area contributed by atoms with E-state index in [0.29, 0.717) is 23.0 Å². The van der Waals surface area contributed by atoms with Gasteiger partial charge in [0.2, 0.25) is 11.9 Å². The first-order valence-corrected chi connectivity index (χ1v) is 8.88. The second-order valence-corrected chi connectivity index (χ2v) is 6.83. The highest BCUT2D eigenvalue weighted by molar-refractivity contribution is 7.13. The summed E-state index contributed by atoms with van der Waals surface area (Å²) in [5.74, 6) is 1.44. The number of hydrogen-bond acceptors (Lipinski definition) is 6. The van der Waals surface area contributed by atoms with E-state index in [-0.39, 0.29) is 0 Å². The number of aromatic nitrogens is 3. The van der Waals surface area contributed by atoms with Crippen molar-refractivity contribution < 1.29 is 9.53 Å². The number of amides is 1. The summed E-state index contributed by atoms with van der Waals surface area (Å²) in [6.45, 7) is 1.82. The van der Waals surface area contributed by atoms with E-state index >= 15 is 0 Å². The fraction of sp³-hybridized carbons (Fsp3) is 0.167. The van der Waals surface area contributed by atoms with E-state index in [0.717, 1.165) is 16.2 Å².